The van der Waals surface area contributed by atoms with Crippen molar-refractivity contribution in [2.45, 2.75) is 77.2 Å². The van der Waals surface area contributed by atoms with Gasteiger partial charge in [0.15, 0.2) is 12.2 Å². The molecule has 0 spiro atoms. The van der Waals surface area contributed by atoms with Gasteiger partial charge in [0.05, 0.1) is 6.54 Å². The van der Waals surface area contributed by atoms with Crippen LogP contribution < -0.4 is 16.0 Å². The first-order valence-corrected chi connectivity index (χ1v) is 13.8. The zero-order valence-corrected chi connectivity index (χ0v) is 23.2. The molecule has 2 saturated heterocycles. The van der Waals surface area contributed by atoms with Gasteiger partial charge in [-0.3, -0.25) is 19.2 Å². The Morgan fingerprint density at radius 1 is 1.10 bits per heavy atom. The van der Waals surface area contributed by atoms with E-state index in [0.717, 1.165) is 6.42 Å². The highest BCUT2D eigenvalue weighted by Gasteiger charge is 2.51. The van der Waals surface area contributed by atoms with E-state index in [1.807, 2.05) is 40.1 Å². The van der Waals surface area contributed by atoms with Gasteiger partial charge in [-0.1, -0.05) is 33.3 Å². The fourth-order valence-electron chi connectivity index (χ4n) is 4.60. The Morgan fingerprint density at radius 3 is 2.54 bits per heavy atom. The Labute approximate surface area is 229 Å². The molecule has 0 aromatic carbocycles. The van der Waals surface area contributed by atoms with Crippen LogP contribution in [0.3, 0.4) is 0 Å². The molecule has 3 aliphatic heterocycles. The summed E-state index contributed by atoms with van der Waals surface area (Å²) in [5.41, 5.74) is 0.613. The van der Waals surface area contributed by atoms with Crippen molar-refractivity contribution < 1.29 is 33.4 Å². The number of esters is 1. The lowest BCUT2D eigenvalue weighted by molar-refractivity contribution is -0.154. The average molecular weight is 548 g/mol. The van der Waals surface area contributed by atoms with Crippen LogP contribution in [0.4, 0.5) is 0 Å². The first kappa shape index (κ1) is 30.1. The summed E-state index contributed by atoms with van der Waals surface area (Å²) in [4.78, 5) is 66.8. The largest absolute Gasteiger partial charge is 0.462 e. The molecule has 216 valence electrons. The number of nitrogens with zero attached hydrogens (tertiary/aromatic N) is 2. The Bertz CT molecular complexity index is 997. The lowest BCUT2D eigenvalue weighted by Gasteiger charge is -2.31. The Balaban J connectivity index is 1.51. The first-order valence-electron chi connectivity index (χ1n) is 13.8. The van der Waals surface area contributed by atoms with E-state index in [4.69, 9.17) is 9.47 Å². The van der Waals surface area contributed by atoms with E-state index >= 15 is 0 Å². The van der Waals surface area contributed by atoms with Crippen molar-refractivity contribution in [3.05, 3.63) is 24.0 Å². The summed E-state index contributed by atoms with van der Waals surface area (Å²) in [6.45, 7) is 6.68. The molecule has 4 amide bonds. The number of likely N-dealkylation sites (tertiary alicyclic amines) is 1. The predicted molar refractivity (Wildman–Crippen MR) is 142 cm³/mol. The smallest absolute Gasteiger partial charge is 0.328 e. The van der Waals surface area contributed by atoms with Gasteiger partial charge in [-0.15, -0.1) is 0 Å². The molecule has 3 N–H and O–H groups in total. The molecule has 3 aliphatic rings. The first-order chi connectivity index (χ1) is 18.7. The third-order valence-electron chi connectivity index (χ3n) is 7.10. The van der Waals surface area contributed by atoms with Crippen LogP contribution in [0.15, 0.2) is 24.0 Å². The number of hydrogen-bond donors (Lipinski definition) is 3. The third-order valence-corrected chi connectivity index (χ3v) is 7.10. The van der Waals surface area contributed by atoms with Crippen LogP contribution in [-0.2, 0) is 33.4 Å². The predicted octanol–water partition coefficient (Wildman–Crippen LogP) is 0.194. The van der Waals surface area contributed by atoms with Gasteiger partial charge in [-0.2, -0.15) is 0 Å². The average Bonchev–Trinajstić information content (AvgIpc) is 3.59. The van der Waals surface area contributed by atoms with Crippen molar-refractivity contribution in [2.24, 2.45) is 5.92 Å². The van der Waals surface area contributed by atoms with Crippen LogP contribution in [0.1, 0.15) is 52.9 Å². The fourth-order valence-corrected chi connectivity index (χ4v) is 4.60. The highest BCUT2D eigenvalue weighted by molar-refractivity contribution is 5.98. The maximum atomic E-state index is 13.5. The highest BCUT2D eigenvalue weighted by atomic mass is 16.6. The van der Waals surface area contributed by atoms with Crippen molar-refractivity contribution in [1.29, 1.82) is 0 Å². The molecule has 0 saturated carbocycles. The normalized spacial score (nSPS) is 23.4. The molecule has 3 rings (SSSR count). The molecule has 5 unspecified atom stereocenters. The van der Waals surface area contributed by atoms with E-state index in [-0.39, 0.29) is 36.8 Å². The second kappa shape index (κ2) is 14.1. The van der Waals surface area contributed by atoms with Gasteiger partial charge >= 0.3 is 5.97 Å². The number of carbonyl (C=O) groups excluding carboxylic acids is 5. The molecular formula is C27H41N5O7. The van der Waals surface area contributed by atoms with Gasteiger partial charge in [0.2, 0.25) is 11.8 Å². The summed E-state index contributed by atoms with van der Waals surface area (Å²) in [5, 5.41) is 8.20. The number of nitrogens with one attached hydrogen (secondary N) is 3. The number of carbonyl (C=O) groups is 5. The molecule has 2 fully saturated rings. The molecule has 12 nitrogen and oxygen atoms in total. The van der Waals surface area contributed by atoms with Crippen LogP contribution in [0.2, 0.25) is 0 Å². The molecule has 0 aromatic rings. The number of amides is 4. The maximum Gasteiger partial charge on any atom is 0.328 e. The summed E-state index contributed by atoms with van der Waals surface area (Å²) in [7, 11) is 1.83. The van der Waals surface area contributed by atoms with Gasteiger partial charge in [0.1, 0.15) is 18.7 Å². The third kappa shape index (κ3) is 8.04. The number of hydrogen-bond acceptors (Lipinski definition) is 8. The fraction of sp³-hybridized carbons (Fsp3) is 0.667. The highest BCUT2D eigenvalue weighted by Crippen LogP contribution is 2.25. The zero-order chi connectivity index (χ0) is 28.5. The second-order valence-electron chi connectivity index (χ2n) is 10.2. The molecule has 0 aliphatic carbocycles. The Kier molecular flexibility index (Phi) is 10.9. The number of epoxide rings is 1. The minimum atomic E-state index is -0.934. The van der Waals surface area contributed by atoms with E-state index in [1.165, 1.54) is 4.90 Å². The quantitative estimate of drug-likeness (QED) is 0.168. The molecule has 5 atom stereocenters. The minimum Gasteiger partial charge on any atom is -0.462 e. The number of ether oxygens (including phenoxy) is 2. The molecule has 39 heavy (non-hydrogen) atoms. The van der Waals surface area contributed by atoms with Gasteiger partial charge in [-0.25, -0.2) is 4.79 Å². The second-order valence-corrected chi connectivity index (χ2v) is 10.2. The lowest BCUT2D eigenvalue weighted by atomic mass is 9.97. The van der Waals surface area contributed by atoms with Gasteiger partial charge in [0.25, 0.3) is 11.8 Å². The van der Waals surface area contributed by atoms with Crippen molar-refractivity contribution in [2.75, 3.05) is 33.3 Å². The monoisotopic (exact) mass is 547 g/mol. The maximum absolute atomic E-state index is 13.5. The standard InChI is InChI=1S/C27H41N5O7/c1-5-11-28-24(34)21-22(39-21)25(35)30-20(17(3)6-2)26(36)32-14-8-10-19(32)27(37)38-15-12-29-23(33)18-9-7-13-31(4)16-18/h7,13,16-17,19-22H,5-6,8-12,14-15H2,1-4H3,(H,28,34)(H,29,33)(H,30,35). The van der Waals surface area contributed by atoms with E-state index in [1.54, 1.807) is 11.1 Å². The molecule has 12 heteroatoms. The van der Waals surface area contributed by atoms with Gasteiger partial charge < -0.3 is 35.2 Å². The van der Waals surface area contributed by atoms with Crippen LogP contribution in [-0.4, -0.2) is 97.0 Å². The summed E-state index contributed by atoms with van der Waals surface area (Å²) >= 11 is 0. The van der Waals surface area contributed by atoms with E-state index < -0.39 is 36.2 Å². The van der Waals surface area contributed by atoms with Gasteiger partial charge in [0, 0.05) is 31.9 Å². The Hall–Kier alpha value is -3.41. The molecular weight excluding hydrogens is 506 g/mol. The Morgan fingerprint density at radius 2 is 1.85 bits per heavy atom. The van der Waals surface area contributed by atoms with Gasteiger partial charge in [-0.05, 0) is 37.8 Å². The topological polar surface area (TPSA) is 150 Å². The van der Waals surface area contributed by atoms with E-state index in [2.05, 4.69) is 16.0 Å². The zero-order valence-electron chi connectivity index (χ0n) is 23.2. The van der Waals surface area contributed by atoms with Crippen molar-refractivity contribution in [3.8, 4) is 0 Å². The molecule has 3 heterocycles. The molecule has 0 radical (unpaired) electrons. The number of allylic oxidation sites excluding steroid dienone is 1. The van der Waals surface area contributed by atoms with Crippen molar-refractivity contribution in [3.63, 3.8) is 0 Å². The minimum absolute atomic E-state index is 0.0197. The van der Waals surface area contributed by atoms with E-state index in [9.17, 15) is 24.0 Å². The van der Waals surface area contributed by atoms with Crippen LogP contribution in [0.5, 0.6) is 0 Å². The summed E-state index contributed by atoms with van der Waals surface area (Å²) in [5.74, 6) is -2.20. The molecule has 0 aromatic heterocycles. The van der Waals surface area contributed by atoms with Crippen LogP contribution in [0.25, 0.3) is 0 Å². The van der Waals surface area contributed by atoms with Crippen molar-refractivity contribution in [1.82, 2.24) is 25.8 Å². The SMILES string of the molecule is CCCNC(=O)C1OC1C(=O)NC(C(=O)N1CCCC1C(=O)OCCNC(=O)C1=CN(C)C=CC1)C(C)CC. The summed E-state index contributed by atoms with van der Waals surface area (Å²) < 4.78 is 10.7. The van der Waals surface area contributed by atoms with E-state index in [0.29, 0.717) is 44.3 Å². The summed E-state index contributed by atoms with van der Waals surface area (Å²) in [6.07, 6.45) is 6.70. The van der Waals surface area contributed by atoms with Crippen LogP contribution in [0, 0.1) is 5.92 Å². The number of rotatable bonds is 13. The summed E-state index contributed by atoms with van der Waals surface area (Å²) in [6, 6.07) is -1.63. The molecule has 0 bridgehead atoms. The van der Waals surface area contributed by atoms with Crippen molar-refractivity contribution >= 4 is 29.6 Å². The lowest BCUT2D eigenvalue weighted by Crippen LogP contribution is -2.55. The van der Waals surface area contributed by atoms with Crippen LogP contribution >= 0.6 is 0 Å².